The van der Waals surface area contributed by atoms with E-state index in [0.717, 1.165) is 80.9 Å². The first-order valence-corrected chi connectivity index (χ1v) is 13.2. The van der Waals surface area contributed by atoms with Crippen molar-refractivity contribution in [2.75, 3.05) is 38.8 Å². The maximum Gasteiger partial charge on any atom is 0.140 e. The summed E-state index contributed by atoms with van der Waals surface area (Å²) in [5, 5.41) is 7.11. The second-order valence-corrected chi connectivity index (χ2v) is 10.5. The summed E-state index contributed by atoms with van der Waals surface area (Å²) in [7, 11) is 2.15. The molecule has 38 heavy (non-hydrogen) atoms. The lowest BCUT2D eigenvalue weighted by Crippen LogP contribution is -2.46. The molecule has 3 aromatic heterocycles. The summed E-state index contributed by atoms with van der Waals surface area (Å²) in [5.41, 5.74) is 8.54. The number of rotatable bonds is 7. The van der Waals surface area contributed by atoms with Crippen molar-refractivity contribution < 1.29 is 13.9 Å². The molecule has 8 nitrogen and oxygen atoms in total. The summed E-state index contributed by atoms with van der Waals surface area (Å²) in [6, 6.07) is 11.9. The molecule has 6 heterocycles. The number of ether oxygens (including phenoxy) is 2. The molecular weight excluding hydrogens is 483 g/mol. The number of nitrogens with one attached hydrogen (secondary N) is 2. The van der Waals surface area contributed by atoms with E-state index in [9.17, 15) is 4.39 Å². The van der Waals surface area contributed by atoms with Gasteiger partial charge in [0.25, 0.3) is 0 Å². The van der Waals surface area contributed by atoms with Crippen molar-refractivity contribution in [1.29, 1.82) is 0 Å². The van der Waals surface area contributed by atoms with E-state index in [4.69, 9.17) is 14.5 Å². The number of likely N-dealkylation sites (N-methyl/N-ethyl adjacent to an activating group) is 1. The Morgan fingerprint density at radius 1 is 1.11 bits per heavy atom. The predicted octanol–water partition coefficient (Wildman–Crippen LogP) is 4.22. The smallest absolute Gasteiger partial charge is 0.140 e. The summed E-state index contributed by atoms with van der Waals surface area (Å²) in [5.74, 6) is 0.948. The minimum atomic E-state index is -0.286. The second-order valence-electron chi connectivity index (χ2n) is 10.5. The highest BCUT2D eigenvalue weighted by atomic mass is 19.1. The number of aromatic nitrogens is 3. The van der Waals surface area contributed by atoms with Crippen LogP contribution in [0.25, 0.3) is 16.9 Å². The number of benzene rings is 1. The van der Waals surface area contributed by atoms with E-state index < -0.39 is 0 Å². The molecule has 0 saturated carbocycles. The fourth-order valence-electron chi connectivity index (χ4n) is 5.76. The fourth-order valence-corrected chi connectivity index (χ4v) is 5.76. The minimum absolute atomic E-state index is 0.286. The third-order valence-electron chi connectivity index (χ3n) is 8.07. The molecule has 3 aliphatic rings. The monoisotopic (exact) mass is 514 g/mol. The number of fused-ring (bicyclic) bond motifs is 2. The maximum atomic E-state index is 13.7. The first kappa shape index (κ1) is 23.7. The molecule has 0 unspecified atom stereocenters. The lowest BCUT2D eigenvalue weighted by molar-refractivity contribution is -0.0590. The van der Waals surface area contributed by atoms with Gasteiger partial charge in [-0.1, -0.05) is 12.1 Å². The zero-order valence-corrected chi connectivity index (χ0v) is 21.4. The predicted molar refractivity (Wildman–Crippen MR) is 143 cm³/mol. The standard InChI is InChI=1S/C29H31FN6O2/c1-35(20-16-38-17-20)14-26-21(18-7-9-37-15-18)3-5-28(34-26)33-25-4-2-22(23-11-31-12-24(23)25)27-13-32-29-10-19(30)6-8-36(27)29/h2-6,8,10,13,18,20,31H,7,9,11-12,14-17H2,1H3,(H,33,34)/t18-/m0/s1. The molecular formula is C29H31FN6O2. The zero-order chi connectivity index (χ0) is 25.6. The highest BCUT2D eigenvalue weighted by molar-refractivity contribution is 5.75. The Bertz CT molecular complexity index is 1490. The Balaban J connectivity index is 1.21. The van der Waals surface area contributed by atoms with Crippen LogP contribution < -0.4 is 10.6 Å². The number of pyridine rings is 2. The Kier molecular flexibility index (Phi) is 6.08. The Morgan fingerprint density at radius 3 is 2.82 bits per heavy atom. The Morgan fingerprint density at radius 2 is 2.00 bits per heavy atom. The molecule has 2 N–H and O–H groups in total. The fraction of sp³-hybridized carbons (Fsp3) is 0.379. The summed E-state index contributed by atoms with van der Waals surface area (Å²) in [4.78, 5) is 11.9. The number of anilines is 2. The van der Waals surface area contributed by atoms with E-state index in [0.29, 0.717) is 17.6 Å². The van der Waals surface area contributed by atoms with Crippen LogP contribution in [-0.4, -0.2) is 58.8 Å². The van der Waals surface area contributed by atoms with Crippen LogP contribution in [0.2, 0.25) is 0 Å². The van der Waals surface area contributed by atoms with Crippen LogP contribution in [0.3, 0.4) is 0 Å². The van der Waals surface area contributed by atoms with Gasteiger partial charge in [-0.15, -0.1) is 0 Å². The van der Waals surface area contributed by atoms with E-state index in [1.165, 1.54) is 28.8 Å². The number of halogens is 1. The highest BCUT2D eigenvalue weighted by Crippen LogP contribution is 2.36. The van der Waals surface area contributed by atoms with Crippen molar-refractivity contribution in [2.24, 2.45) is 0 Å². The van der Waals surface area contributed by atoms with Crippen molar-refractivity contribution in [1.82, 2.24) is 24.6 Å². The normalized spacial score (nSPS) is 19.3. The van der Waals surface area contributed by atoms with E-state index in [1.54, 1.807) is 6.20 Å². The van der Waals surface area contributed by atoms with Crippen LogP contribution in [0.4, 0.5) is 15.9 Å². The molecule has 2 saturated heterocycles. The molecule has 0 bridgehead atoms. The van der Waals surface area contributed by atoms with Crippen LogP contribution in [0, 0.1) is 5.82 Å². The largest absolute Gasteiger partial charge is 0.381 e. The van der Waals surface area contributed by atoms with Gasteiger partial charge in [0, 0.05) is 55.7 Å². The highest BCUT2D eigenvalue weighted by Gasteiger charge is 2.27. The van der Waals surface area contributed by atoms with Crippen LogP contribution in [0.5, 0.6) is 0 Å². The molecule has 7 rings (SSSR count). The van der Waals surface area contributed by atoms with Gasteiger partial charge in [0.2, 0.25) is 0 Å². The Labute approximate surface area is 220 Å². The van der Waals surface area contributed by atoms with Gasteiger partial charge in [0.1, 0.15) is 17.3 Å². The molecule has 196 valence electrons. The van der Waals surface area contributed by atoms with Gasteiger partial charge in [-0.05, 0) is 48.4 Å². The molecule has 2 fully saturated rings. The van der Waals surface area contributed by atoms with Crippen molar-refractivity contribution in [3.05, 3.63) is 77.0 Å². The maximum absolute atomic E-state index is 13.7. The van der Waals surface area contributed by atoms with Gasteiger partial charge < -0.3 is 20.1 Å². The van der Waals surface area contributed by atoms with Gasteiger partial charge >= 0.3 is 0 Å². The average molecular weight is 515 g/mol. The molecule has 1 aromatic carbocycles. The number of hydrogen-bond donors (Lipinski definition) is 2. The molecule has 1 atom stereocenters. The van der Waals surface area contributed by atoms with Crippen LogP contribution >= 0.6 is 0 Å². The van der Waals surface area contributed by atoms with Gasteiger partial charge in [-0.3, -0.25) is 9.30 Å². The van der Waals surface area contributed by atoms with Crippen molar-refractivity contribution >= 4 is 17.2 Å². The summed E-state index contributed by atoms with van der Waals surface area (Å²) in [6.45, 7) is 5.45. The van der Waals surface area contributed by atoms with Crippen molar-refractivity contribution in [2.45, 2.75) is 38.0 Å². The van der Waals surface area contributed by atoms with E-state index >= 15 is 0 Å². The quantitative estimate of drug-likeness (QED) is 0.383. The van der Waals surface area contributed by atoms with Gasteiger partial charge in [0.05, 0.1) is 43.4 Å². The summed E-state index contributed by atoms with van der Waals surface area (Å²) < 4.78 is 26.8. The van der Waals surface area contributed by atoms with E-state index in [2.05, 4.69) is 51.8 Å². The minimum Gasteiger partial charge on any atom is -0.381 e. The van der Waals surface area contributed by atoms with Crippen molar-refractivity contribution in [3.8, 4) is 11.3 Å². The molecule has 0 spiro atoms. The van der Waals surface area contributed by atoms with E-state index in [1.807, 2.05) is 10.6 Å². The lowest BCUT2D eigenvalue weighted by atomic mass is 9.96. The first-order valence-electron chi connectivity index (χ1n) is 13.2. The SMILES string of the molecule is CN(Cc1nc(Nc2ccc(-c3cnc4cc(F)ccn34)c3c2CNC3)ccc1[C@H]1CCOC1)C1COC1. The van der Waals surface area contributed by atoms with Gasteiger partial charge in [0.15, 0.2) is 0 Å². The van der Waals surface area contributed by atoms with Gasteiger partial charge in [-0.2, -0.15) is 0 Å². The summed E-state index contributed by atoms with van der Waals surface area (Å²) >= 11 is 0. The molecule has 0 radical (unpaired) electrons. The van der Waals surface area contributed by atoms with E-state index in [-0.39, 0.29) is 5.82 Å². The number of imidazole rings is 1. The van der Waals surface area contributed by atoms with Crippen LogP contribution in [0.15, 0.2) is 48.8 Å². The lowest BCUT2D eigenvalue weighted by Gasteiger charge is -2.35. The number of nitrogens with zero attached hydrogens (tertiary/aromatic N) is 4. The molecule has 3 aliphatic heterocycles. The van der Waals surface area contributed by atoms with Crippen LogP contribution in [0.1, 0.15) is 34.7 Å². The number of hydrogen-bond acceptors (Lipinski definition) is 7. The second kappa shape index (κ2) is 9.74. The first-order chi connectivity index (χ1) is 18.6. The molecule has 0 amide bonds. The van der Waals surface area contributed by atoms with Crippen LogP contribution in [-0.2, 0) is 29.1 Å². The van der Waals surface area contributed by atoms with Crippen molar-refractivity contribution in [3.63, 3.8) is 0 Å². The topological polar surface area (TPSA) is 76.0 Å². The Hall–Kier alpha value is -3.37. The molecule has 0 aliphatic carbocycles. The summed E-state index contributed by atoms with van der Waals surface area (Å²) in [6.07, 6.45) is 4.59. The third-order valence-corrected chi connectivity index (χ3v) is 8.07. The molecule has 9 heteroatoms. The van der Waals surface area contributed by atoms with Gasteiger partial charge in [-0.25, -0.2) is 14.4 Å². The third kappa shape index (κ3) is 4.25. The molecule has 4 aromatic rings. The average Bonchev–Trinajstić information content (AvgIpc) is 3.64. The zero-order valence-electron chi connectivity index (χ0n) is 21.4.